The van der Waals surface area contributed by atoms with Crippen LogP contribution in [0, 0.1) is 6.92 Å². The van der Waals surface area contributed by atoms with Crippen molar-refractivity contribution in [1.29, 1.82) is 0 Å². The number of hydrogen-bond acceptors (Lipinski definition) is 5. The van der Waals surface area contributed by atoms with Crippen molar-refractivity contribution in [2.75, 3.05) is 26.2 Å². The lowest BCUT2D eigenvalue weighted by atomic mass is 10.1. The maximum Gasteiger partial charge on any atom is 0.231 e. The van der Waals surface area contributed by atoms with E-state index in [9.17, 15) is 4.79 Å². The van der Waals surface area contributed by atoms with Gasteiger partial charge in [0, 0.05) is 31.2 Å². The minimum Gasteiger partial charge on any atom is -0.439 e. The summed E-state index contributed by atoms with van der Waals surface area (Å²) in [7, 11) is 0. The number of oxazole rings is 1. The fourth-order valence-electron chi connectivity index (χ4n) is 3.35. The molecule has 8 nitrogen and oxygen atoms in total. The average molecular weight is 399 g/mol. The molecule has 0 unspecified atom stereocenters. The van der Waals surface area contributed by atoms with Gasteiger partial charge in [-0.3, -0.25) is 9.69 Å². The third-order valence-electron chi connectivity index (χ3n) is 4.91. The fraction of sp³-hybridized carbons (Fsp3) is 0.476. The van der Waals surface area contributed by atoms with E-state index >= 15 is 0 Å². The number of carbonyl (C=O) groups excluding carboxylic acids is 1. The van der Waals surface area contributed by atoms with E-state index in [2.05, 4.69) is 44.6 Å². The minimum atomic E-state index is -0.276. The van der Waals surface area contributed by atoms with Gasteiger partial charge in [-0.05, 0) is 26.7 Å². The lowest BCUT2D eigenvalue weighted by Gasteiger charge is -2.32. The first kappa shape index (κ1) is 20.9. The second-order valence-electron chi connectivity index (χ2n) is 7.34. The summed E-state index contributed by atoms with van der Waals surface area (Å²) in [4.78, 5) is 22.1. The van der Waals surface area contributed by atoms with Gasteiger partial charge in [0.2, 0.25) is 11.8 Å². The zero-order chi connectivity index (χ0) is 20.6. The molecule has 2 heterocycles. The molecule has 1 amide bonds. The van der Waals surface area contributed by atoms with E-state index < -0.39 is 0 Å². The van der Waals surface area contributed by atoms with Crippen molar-refractivity contribution in [2.24, 2.45) is 10.7 Å². The molecule has 0 bridgehead atoms. The fourth-order valence-corrected chi connectivity index (χ4v) is 3.35. The molecule has 0 aliphatic carbocycles. The van der Waals surface area contributed by atoms with Crippen LogP contribution in [0.5, 0.6) is 0 Å². The molecule has 0 atom stereocenters. The van der Waals surface area contributed by atoms with Crippen molar-refractivity contribution in [3.63, 3.8) is 0 Å². The number of carbonyl (C=O) groups is 1. The Morgan fingerprint density at radius 3 is 2.69 bits per heavy atom. The van der Waals surface area contributed by atoms with E-state index in [0.29, 0.717) is 25.0 Å². The van der Waals surface area contributed by atoms with Crippen molar-refractivity contribution in [3.05, 3.63) is 41.9 Å². The minimum absolute atomic E-state index is 0.276. The molecule has 1 saturated heterocycles. The Morgan fingerprint density at radius 1 is 1.31 bits per heavy atom. The number of amides is 1. The van der Waals surface area contributed by atoms with Gasteiger partial charge in [0.15, 0.2) is 11.7 Å². The third kappa shape index (κ3) is 6.32. The first-order valence-electron chi connectivity index (χ1n) is 10.1. The van der Waals surface area contributed by atoms with Gasteiger partial charge in [0.25, 0.3) is 0 Å². The summed E-state index contributed by atoms with van der Waals surface area (Å²) in [6, 6.07) is 8.47. The monoisotopic (exact) mass is 398 g/mol. The van der Waals surface area contributed by atoms with Crippen LogP contribution in [-0.2, 0) is 11.3 Å². The van der Waals surface area contributed by atoms with Crippen molar-refractivity contribution in [1.82, 2.24) is 20.5 Å². The lowest BCUT2D eigenvalue weighted by Crippen LogP contribution is -2.49. The van der Waals surface area contributed by atoms with Gasteiger partial charge in [-0.2, -0.15) is 0 Å². The molecule has 1 aliphatic heterocycles. The number of nitrogens with zero attached hydrogens (tertiary/aromatic N) is 3. The number of aryl methyl sites for hydroxylation is 1. The quantitative estimate of drug-likeness (QED) is 0.483. The van der Waals surface area contributed by atoms with E-state index in [0.717, 1.165) is 49.8 Å². The SMILES string of the molecule is CCNC(=NCc1ncc(-c2ccc(C)cc2)o1)NC1CCN(CC(N)=O)CC1. The van der Waals surface area contributed by atoms with Crippen LogP contribution in [-0.4, -0.2) is 54.0 Å². The van der Waals surface area contributed by atoms with Gasteiger partial charge in [0.05, 0.1) is 12.7 Å². The Labute approximate surface area is 171 Å². The molecule has 1 aromatic carbocycles. The number of benzene rings is 1. The Morgan fingerprint density at radius 2 is 2.03 bits per heavy atom. The van der Waals surface area contributed by atoms with Crippen LogP contribution in [0.3, 0.4) is 0 Å². The number of rotatable bonds is 7. The van der Waals surface area contributed by atoms with Crippen molar-refractivity contribution < 1.29 is 9.21 Å². The summed E-state index contributed by atoms with van der Waals surface area (Å²) >= 11 is 0. The molecule has 0 radical (unpaired) electrons. The summed E-state index contributed by atoms with van der Waals surface area (Å²) in [5, 5.41) is 6.74. The molecule has 156 valence electrons. The molecule has 8 heteroatoms. The number of piperidine rings is 1. The van der Waals surface area contributed by atoms with Crippen LogP contribution in [0.4, 0.5) is 0 Å². The molecular weight excluding hydrogens is 368 g/mol. The summed E-state index contributed by atoms with van der Waals surface area (Å²) in [6.07, 6.45) is 3.62. The van der Waals surface area contributed by atoms with Gasteiger partial charge in [-0.25, -0.2) is 9.98 Å². The van der Waals surface area contributed by atoms with E-state index in [4.69, 9.17) is 10.2 Å². The number of nitrogens with one attached hydrogen (secondary N) is 2. The standard InChI is InChI=1S/C21H30N6O2/c1-3-23-21(26-17-8-10-27(11-9-17)14-19(22)28)25-13-20-24-12-18(29-20)16-6-4-15(2)5-7-16/h4-7,12,17H,3,8-11,13-14H2,1-2H3,(H2,22,28)(H2,23,25,26). The number of primary amides is 1. The zero-order valence-corrected chi connectivity index (χ0v) is 17.1. The highest BCUT2D eigenvalue weighted by atomic mass is 16.4. The number of aliphatic imine (C=N–C) groups is 1. The molecule has 4 N–H and O–H groups in total. The number of hydrogen-bond donors (Lipinski definition) is 3. The highest BCUT2D eigenvalue weighted by molar-refractivity contribution is 5.80. The summed E-state index contributed by atoms with van der Waals surface area (Å²) < 4.78 is 5.85. The second-order valence-corrected chi connectivity index (χ2v) is 7.34. The van der Waals surface area contributed by atoms with Crippen LogP contribution in [0.15, 0.2) is 39.9 Å². The Hall–Kier alpha value is -2.87. The second kappa shape index (κ2) is 10.1. The van der Waals surface area contributed by atoms with E-state index in [-0.39, 0.29) is 5.91 Å². The summed E-state index contributed by atoms with van der Waals surface area (Å²) in [5.74, 6) is 1.79. The molecule has 1 fully saturated rings. The Kier molecular flexibility index (Phi) is 7.24. The van der Waals surface area contributed by atoms with Crippen molar-refractivity contribution in [2.45, 2.75) is 39.3 Å². The molecule has 1 aliphatic rings. The predicted octanol–water partition coefficient (Wildman–Crippen LogP) is 1.65. The molecule has 2 aromatic rings. The van der Waals surface area contributed by atoms with E-state index in [1.165, 1.54) is 5.56 Å². The third-order valence-corrected chi connectivity index (χ3v) is 4.91. The molecule has 3 rings (SSSR count). The highest BCUT2D eigenvalue weighted by Gasteiger charge is 2.20. The first-order chi connectivity index (χ1) is 14.0. The maximum atomic E-state index is 11.1. The normalized spacial score (nSPS) is 16.0. The van der Waals surface area contributed by atoms with Gasteiger partial charge < -0.3 is 20.8 Å². The zero-order valence-electron chi connectivity index (χ0n) is 17.1. The van der Waals surface area contributed by atoms with Crippen molar-refractivity contribution >= 4 is 11.9 Å². The number of guanidine groups is 1. The smallest absolute Gasteiger partial charge is 0.231 e. The van der Waals surface area contributed by atoms with Crippen molar-refractivity contribution in [3.8, 4) is 11.3 Å². The molecular formula is C21H30N6O2. The summed E-state index contributed by atoms with van der Waals surface area (Å²) in [5.41, 5.74) is 7.49. The average Bonchev–Trinajstić information content (AvgIpc) is 3.17. The molecule has 1 aromatic heterocycles. The number of aromatic nitrogens is 1. The van der Waals surface area contributed by atoms with Gasteiger partial charge >= 0.3 is 0 Å². The van der Waals surface area contributed by atoms with Crippen LogP contribution < -0.4 is 16.4 Å². The van der Waals surface area contributed by atoms with Gasteiger partial charge in [-0.1, -0.05) is 29.8 Å². The number of likely N-dealkylation sites (tertiary alicyclic amines) is 1. The Bertz CT molecular complexity index is 822. The molecule has 29 heavy (non-hydrogen) atoms. The molecule has 0 saturated carbocycles. The predicted molar refractivity (Wildman–Crippen MR) is 113 cm³/mol. The van der Waals surface area contributed by atoms with Crippen LogP contribution in [0.1, 0.15) is 31.2 Å². The van der Waals surface area contributed by atoms with E-state index in [1.54, 1.807) is 6.20 Å². The van der Waals surface area contributed by atoms with Crippen LogP contribution >= 0.6 is 0 Å². The van der Waals surface area contributed by atoms with Crippen LogP contribution in [0.25, 0.3) is 11.3 Å². The summed E-state index contributed by atoms with van der Waals surface area (Å²) in [6.45, 7) is 7.25. The Balaban J connectivity index is 1.56. The first-order valence-corrected chi connectivity index (χ1v) is 10.1. The number of nitrogens with two attached hydrogens (primary N) is 1. The van der Waals surface area contributed by atoms with E-state index in [1.807, 2.05) is 19.1 Å². The lowest BCUT2D eigenvalue weighted by molar-refractivity contribution is -0.119. The van der Waals surface area contributed by atoms with Gasteiger partial charge in [0.1, 0.15) is 6.54 Å². The topological polar surface area (TPSA) is 109 Å². The highest BCUT2D eigenvalue weighted by Crippen LogP contribution is 2.21. The van der Waals surface area contributed by atoms with Gasteiger partial charge in [-0.15, -0.1) is 0 Å². The largest absolute Gasteiger partial charge is 0.439 e. The molecule has 0 spiro atoms. The maximum absolute atomic E-state index is 11.1. The van der Waals surface area contributed by atoms with Crippen LogP contribution in [0.2, 0.25) is 0 Å².